The van der Waals surface area contributed by atoms with Crippen LogP contribution in [-0.4, -0.2) is 54.9 Å². The number of sulfone groups is 1. The summed E-state index contributed by atoms with van der Waals surface area (Å²) in [4.78, 5) is 13.5. The Labute approximate surface area is 226 Å². The molecule has 2 aromatic carbocycles. The van der Waals surface area contributed by atoms with Gasteiger partial charge in [-0.3, -0.25) is 4.79 Å². The number of hydrogen-bond acceptors (Lipinski definition) is 5. The molecular formula is C25H18F9N3O3S. The fourth-order valence-corrected chi connectivity index (χ4v) is 6.77. The second-order valence-corrected chi connectivity index (χ2v) is 11.6. The summed E-state index contributed by atoms with van der Waals surface area (Å²) in [7, 11) is -4.72. The molecule has 0 aliphatic carbocycles. The van der Waals surface area contributed by atoms with E-state index in [1.807, 2.05) is 0 Å². The van der Waals surface area contributed by atoms with Crippen LogP contribution in [0, 0.1) is 11.6 Å². The lowest BCUT2D eigenvalue weighted by Gasteiger charge is -2.33. The number of carbonyl (C=O) groups excluding carboxylic acids is 1. The summed E-state index contributed by atoms with van der Waals surface area (Å²) < 4.78 is 148. The maximum Gasteiger partial charge on any atom is 0.436 e. The van der Waals surface area contributed by atoms with Gasteiger partial charge in [-0.05, 0) is 53.9 Å². The SMILES string of the molecule is O=C(Cc1ccnnc1)N1CC[C@](c2ccc(C(F)(C(F)(F)F)C(F)(F)F)c(F)c2)(S(=O)(=O)c2ccc(F)cc2)C1. The van der Waals surface area contributed by atoms with Crippen molar-refractivity contribution in [2.45, 2.75) is 40.5 Å². The minimum Gasteiger partial charge on any atom is -0.340 e. The molecule has 1 atom stereocenters. The normalized spacial score (nSPS) is 18.5. The van der Waals surface area contributed by atoms with Crippen LogP contribution in [0.1, 0.15) is 23.1 Å². The Morgan fingerprint density at radius 2 is 1.54 bits per heavy atom. The smallest absolute Gasteiger partial charge is 0.340 e. The summed E-state index contributed by atoms with van der Waals surface area (Å²) in [5, 5.41) is 7.18. The third kappa shape index (κ3) is 5.13. The third-order valence-electron chi connectivity index (χ3n) is 6.87. The molecule has 3 aromatic rings. The van der Waals surface area contributed by atoms with Crippen LogP contribution in [0.3, 0.4) is 0 Å². The van der Waals surface area contributed by atoms with Crippen LogP contribution in [0.15, 0.2) is 65.8 Å². The zero-order valence-corrected chi connectivity index (χ0v) is 21.3. The Morgan fingerprint density at radius 1 is 0.902 bits per heavy atom. The van der Waals surface area contributed by atoms with Crippen LogP contribution in [0.2, 0.25) is 0 Å². The van der Waals surface area contributed by atoms with Crippen LogP contribution in [-0.2, 0) is 31.5 Å². The number of hydrogen-bond donors (Lipinski definition) is 0. The van der Waals surface area contributed by atoms with Crippen molar-refractivity contribution < 1.29 is 52.7 Å². The van der Waals surface area contributed by atoms with Gasteiger partial charge in [-0.25, -0.2) is 21.6 Å². The fraction of sp³-hybridized carbons (Fsp3) is 0.320. The zero-order valence-electron chi connectivity index (χ0n) is 20.5. The molecule has 1 aliphatic heterocycles. The number of carbonyl (C=O) groups is 1. The zero-order chi connectivity index (χ0) is 30.4. The molecule has 6 nitrogen and oxygen atoms in total. The van der Waals surface area contributed by atoms with Gasteiger partial charge in [-0.1, -0.05) is 12.1 Å². The second kappa shape index (κ2) is 10.3. The third-order valence-corrected chi connectivity index (χ3v) is 9.36. The van der Waals surface area contributed by atoms with E-state index in [4.69, 9.17) is 0 Å². The minimum atomic E-state index is -6.61. The van der Waals surface area contributed by atoms with E-state index in [-0.39, 0.29) is 25.1 Å². The van der Waals surface area contributed by atoms with Crippen molar-refractivity contribution in [3.05, 3.63) is 89.2 Å². The molecular weight excluding hydrogens is 593 g/mol. The predicted molar refractivity (Wildman–Crippen MR) is 123 cm³/mol. The van der Waals surface area contributed by atoms with Crippen molar-refractivity contribution in [3.8, 4) is 0 Å². The van der Waals surface area contributed by atoms with Gasteiger partial charge < -0.3 is 4.90 Å². The first kappa shape index (κ1) is 30.3. The van der Waals surface area contributed by atoms with Gasteiger partial charge in [-0.15, -0.1) is 0 Å². The number of benzene rings is 2. The van der Waals surface area contributed by atoms with Crippen LogP contribution in [0.25, 0.3) is 0 Å². The summed E-state index contributed by atoms with van der Waals surface area (Å²) in [6, 6.07) is 5.21. The van der Waals surface area contributed by atoms with E-state index >= 15 is 4.39 Å². The Kier molecular flexibility index (Phi) is 7.60. The first-order chi connectivity index (χ1) is 18.9. The number of rotatable bonds is 6. The summed E-state index contributed by atoms with van der Waals surface area (Å²) in [6.07, 6.45) is -11.4. The highest BCUT2D eigenvalue weighted by atomic mass is 32.2. The monoisotopic (exact) mass is 611 g/mol. The van der Waals surface area contributed by atoms with Crippen molar-refractivity contribution >= 4 is 15.7 Å². The molecule has 0 spiro atoms. The number of alkyl halides is 7. The minimum absolute atomic E-state index is 0.0863. The van der Waals surface area contributed by atoms with Gasteiger partial charge in [0.05, 0.1) is 17.5 Å². The van der Waals surface area contributed by atoms with Crippen molar-refractivity contribution in [3.63, 3.8) is 0 Å². The highest BCUT2D eigenvalue weighted by molar-refractivity contribution is 7.92. The molecule has 0 bridgehead atoms. The highest BCUT2D eigenvalue weighted by Crippen LogP contribution is 2.54. The molecule has 41 heavy (non-hydrogen) atoms. The lowest BCUT2D eigenvalue weighted by Crippen LogP contribution is -2.51. The molecule has 1 saturated heterocycles. The van der Waals surface area contributed by atoms with E-state index in [1.165, 1.54) is 18.5 Å². The Bertz CT molecular complexity index is 1530. The van der Waals surface area contributed by atoms with Gasteiger partial charge in [0.25, 0.3) is 0 Å². The Morgan fingerprint density at radius 3 is 2.07 bits per heavy atom. The molecule has 0 N–H and O–H groups in total. The highest BCUT2D eigenvalue weighted by Gasteiger charge is 2.74. The number of amides is 1. The molecule has 16 heteroatoms. The summed E-state index contributed by atoms with van der Waals surface area (Å²) in [6.45, 7) is -0.957. The predicted octanol–water partition coefficient (Wildman–Crippen LogP) is 5.19. The lowest BCUT2D eigenvalue weighted by atomic mass is 9.89. The van der Waals surface area contributed by atoms with Gasteiger partial charge in [0, 0.05) is 24.8 Å². The maximum absolute atomic E-state index is 15.0. The number of likely N-dealkylation sites (tertiary alicyclic amines) is 1. The first-order valence-corrected chi connectivity index (χ1v) is 13.1. The van der Waals surface area contributed by atoms with Crippen molar-refractivity contribution in [1.82, 2.24) is 15.1 Å². The molecule has 1 amide bonds. The Hall–Kier alpha value is -3.69. The van der Waals surface area contributed by atoms with Gasteiger partial charge >= 0.3 is 18.0 Å². The van der Waals surface area contributed by atoms with E-state index in [0.29, 0.717) is 11.6 Å². The van der Waals surface area contributed by atoms with Crippen LogP contribution >= 0.6 is 0 Å². The molecule has 4 rings (SSSR count). The number of aromatic nitrogens is 2. The molecule has 2 heterocycles. The van der Waals surface area contributed by atoms with E-state index in [9.17, 15) is 48.3 Å². The molecule has 1 aliphatic rings. The van der Waals surface area contributed by atoms with Crippen LogP contribution in [0.4, 0.5) is 39.5 Å². The van der Waals surface area contributed by atoms with Gasteiger partial charge in [0.1, 0.15) is 16.4 Å². The summed E-state index contributed by atoms with van der Waals surface area (Å²) in [5.74, 6) is -3.75. The number of nitrogens with zero attached hydrogens (tertiary/aromatic N) is 3. The second-order valence-electron chi connectivity index (χ2n) is 9.29. The fourth-order valence-electron chi connectivity index (χ4n) is 4.70. The average molecular weight is 611 g/mol. The lowest BCUT2D eigenvalue weighted by molar-refractivity contribution is -0.349. The van der Waals surface area contributed by atoms with E-state index < -0.39 is 79.1 Å². The van der Waals surface area contributed by atoms with Crippen LogP contribution in [0.5, 0.6) is 0 Å². The molecule has 0 unspecified atom stereocenters. The van der Waals surface area contributed by atoms with E-state index in [2.05, 4.69) is 10.2 Å². The summed E-state index contributed by atoms with van der Waals surface area (Å²) in [5.41, 5.74) is -8.73. The van der Waals surface area contributed by atoms with Crippen LogP contribution < -0.4 is 0 Å². The van der Waals surface area contributed by atoms with Crippen molar-refractivity contribution in [2.24, 2.45) is 0 Å². The molecule has 1 fully saturated rings. The van der Waals surface area contributed by atoms with Gasteiger partial charge in [0.15, 0.2) is 9.84 Å². The van der Waals surface area contributed by atoms with Gasteiger partial charge in [-0.2, -0.15) is 36.5 Å². The largest absolute Gasteiger partial charge is 0.436 e. The maximum atomic E-state index is 15.0. The summed E-state index contributed by atoms with van der Waals surface area (Å²) >= 11 is 0. The molecule has 1 aromatic heterocycles. The first-order valence-electron chi connectivity index (χ1n) is 11.6. The van der Waals surface area contributed by atoms with Crippen molar-refractivity contribution in [1.29, 1.82) is 0 Å². The molecule has 0 radical (unpaired) electrons. The van der Waals surface area contributed by atoms with E-state index in [0.717, 1.165) is 29.2 Å². The van der Waals surface area contributed by atoms with Crippen molar-refractivity contribution in [2.75, 3.05) is 13.1 Å². The van der Waals surface area contributed by atoms with E-state index in [1.54, 1.807) is 0 Å². The average Bonchev–Trinajstić information content (AvgIpc) is 3.35. The number of halogens is 9. The standard InChI is InChI=1S/C25H18F9N3O3S/c26-17-2-4-18(5-3-17)41(39,40)22(8-10-37(14-22)21(38)11-15-7-9-35-36-13-15)16-1-6-19(20(27)12-16)23(28,24(29,30)31)25(32,33)34/h1-7,9,12-13H,8,10-11,14H2/t22-/m0/s1. The molecule has 0 saturated carbocycles. The quantitative estimate of drug-likeness (QED) is 0.283. The molecule has 220 valence electrons. The Balaban J connectivity index is 1.84. The van der Waals surface area contributed by atoms with Gasteiger partial charge in [0.2, 0.25) is 5.91 Å². The topological polar surface area (TPSA) is 80.2 Å².